The molecule has 0 bridgehead atoms. The predicted octanol–water partition coefficient (Wildman–Crippen LogP) is 0.786. The van der Waals surface area contributed by atoms with Gasteiger partial charge in [0.2, 0.25) is 0 Å². The first-order chi connectivity index (χ1) is 19.3. The highest BCUT2D eigenvalue weighted by Crippen LogP contribution is 2.67. The molecule has 7 N–H and O–H groups in total. The van der Waals surface area contributed by atoms with Crippen molar-refractivity contribution in [2.24, 2.45) is 28.1 Å². The lowest BCUT2D eigenvalue weighted by Gasteiger charge is -2.68. The molecule has 11 heteroatoms. The maximum absolute atomic E-state index is 12.8. The second kappa shape index (κ2) is 11.7. The fourth-order valence-electron chi connectivity index (χ4n) is 8.85. The maximum Gasteiger partial charge on any atom is 0.308 e. The normalized spacial score (nSPS) is 47.2. The summed E-state index contributed by atoms with van der Waals surface area (Å²) in [4.78, 5) is 12.8. The van der Waals surface area contributed by atoms with Crippen molar-refractivity contribution in [2.75, 3.05) is 13.2 Å². The van der Waals surface area contributed by atoms with Gasteiger partial charge in [-0.05, 0) is 62.7 Å². The minimum atomic E-state index is -1.69. The van der Waals surface area contributed by atoms with Crippen LogP contribution in [0.1, 0.15) is 79.6 Å². The van der Waals surface area contributed by atoms with Gasteiger partial charge in [-0.1, -0.05) is 33.3 Å². The fraction of sp³-hybridized carbons (Fsp3) is 0.903. The average Bonchev–Trinajstić information content (AvgIpc) is 2.86. The molecule has 1 saturated heterocycles. The topological polar surface area (TPSA) is 186 Å². The Balaban J connectivity index is 1.77. The summed E-state index contributed by atoms with van der Waals surface area (Å²) in [6, 6.07) is 0. The van der Waals surface area contributed by atoms with Crippen molar-refractivity contribution in [3.8, 4) is 0 Å². The fourth-order valence-corrected chi connectivity index (χ4v) is 8.85. The van der Waals surface area contributed by atoms with E-state index in [0.717, 1.165) is 12.8 Å². The Labute approximate surface area is 248 Å². The predicted molar refractivity (Wildman–Crippen MR) is 151 cm³/mol. The first-order valence-electron chi connectivity index (χ1n) is 15.2. The minimum Gasteiger partial charge on any atom is -0.465 e. The molecule has 1 heterocycles. The van der Waals surface area contributed by atoms with Crippen molar-refractivity contribution in [1.82, 2.24) is 0 Å². The zero-order valence-corrected chi connectivity index (χ0v) is 25.6. The van der Waals surface area contributed by atoms with E-state index >= 15 is 0 Å². The second-order valence-corrected chi connectivity index (χ2v) is 15.1. The van der Waals surface area contributed by atoms with Crippen LogP contribution in [0.2, 0.25) is 0 Å². The molecule has 0 amide bonds. The molecular weight excluding hydrogens is 548 g/mol. The molecule has 4 fully saturated rings. The SMILES string of the molecule is C=C[C@]1(C)C[C@@H](O)[C@H]2[C@](O)(C1)[C@@H](O[C@@H]1O[C@H](CO)[C@@H](O)[C@H](O)[C@H]1O)C[C@H]1C(C)(C)CCC[C@@]12COC(=O)CC(C)(C)O. The number of allylic oxidation sites excluding steroid dienone is 1. The van der Waals surface area contributed by atoms with Crippen LogP contribution in [-0.2, 0) is 19.0 Å². The molecule has 0 unspecified atom stereocenters. The summed E-state index contributed by atoms with van der Waals surface area (Å²) in [7, 11) is 0. The van der Waals surface area contributed by atoms with Gasteiger partial charge in [0, 0.05) is 11.3 Å². The highest BCUT2D eigenvalue weighted by molar-refractivity contribution is 5.70. The van der Waals surface area contributed by atoms with Crippen molar-refractivity contribution in [2.45, 2.75) is 134 Å². The molecule has 0 aromatic heterocycles. The Morgan fingerprint density at radius 1 is 1.10 bits per heavy atom. The van der Waals surface area contributed by atoms with Crippen LogP contribution in [0, 0.1) is 28.1 Å². The zero-order chi connectivity index (χ0) is 31.5. The maximum atomic E-state index is 12.8. The first kappa shape index (κ1) is 33.7. The van der Waals surface area contributed by atoms with Crippen LogP contribution in [0.25, 0.3) is 0 Å². The van der Waals surface area contributed by atoms with E-state index in [4.69, 9.17) is 14.2 Å². The lowest BCUT2D eigenvalue weighted by atomic mass is 9.40. The number of carbonyl (C=O) groups excluding carboxylic acids is 1. The van der Waals surface area contributed by atoms with E-state index in [2.05, 4.69) is 20.4 Å². The van der Waals surface area contributed by atoms with Crippen LogP contribution in [0.5, 0.6) is 0 Å². The smallest absolute Gasteiger partial charge is 0.308 e. The molecule has 0 aromatic rings. The van der Waals surface area contributed by atoms with Gasteiger partial charge >= 0.3 is 5.97 Å². The van der Waals surface area contributed by atoms with Gasteiger partial charge in [0.25, 0.3) is 0 Å². The molecule has 0 radical (unpaired) electrons. The quantitative estimate of drug-likeness (QED) is 0.119. The standard InChI is InChI=1S/C31H52O11/c1-7-29(6)12-17(33)25-30(16-40-21(34)13-28(4,5)38)10-8-9-27(2,3)19(30)11-20(31(25,39)15-29)42-26-24(37)23(36)22(35)18(14-32)41-26/h7,17-20,22-26,32-33,35-39H,1,8-16H2,2-6H3/t17-,18-,19+,20+,22-,23+,24-,25-,26+,29-,30-,31+/m1/s1. The highest BCUT2D eigenvalue weighted by Gasteiger charge is 2.70. The van der Waals surface area contributed by atoms with Crippen molar-refractivity contribution < 1.29 is 54.8 Å². The summed E-state index contributed by atoms with van der Waals surface area (Å²) in [5.74, 6) is -1.55. The Morgan fingerprint density at radius 3 is 2.36 bits per heavy atom. The van der Waals surface area contributed by atoms with Crippen LogP contribution in [0.4, 0.5) is 0 Å². The van der Waals surface area contributed by atoms with Crippen LogP contribution < -0.4 is 0 Å². The number of hydrogen-bond acceptors (Lipinski definition) is 11. The van der Waals surface area contributed by atoms with Crippen LogP contribution in [0.15, 0.2) is 12.7 Å². The number of rotatable bonds is 8. The van der Waals surface area contributed by atoms with E-state index in [1.807, 2.05) is 6.92 Å². The number of carbonyl (C=O) groups is 1. The van der Waals surface area contributed by atoms with Gasteiger partial charge in [-0.3, -0.25) is 4.79 Å². The van der Waals surface area contributed by atoms with E-state index in [9.17, 15) is 40.5 Å². The number of fused-ring (bicyclic) bond motifs is 3. The first-order valence-corrected chi connectivity index (χ1v) is 15.2. The molecule has 12 atom stereocenters. The summed E-state index contributed by atoms with van der Waals surface area (Å²) in [5.41, 5.74) is -4.74. The highest BCUT2D eigenvalue weighted by atomic mass is 16.7. The van der Waals surface area contributed by atoms with Crippen LogP contribution in [-0.4, -0.2) is 109 Å². The molecule has 11 nitrogen and oxygen atoms in total. The number of aliphatic hydroxyl groups excluding tert-OH is 5. The minimum absolute atomic E-state index is 0.0440. The van der Waals surface area contributed by atoms with E-state index in [1.54, 1.807) is 6.08 Å². The Morgan fingerprint density at radius 2 is 1.76 bits per heavy atom. The summed E-state index contributed by atoms with van der Waals surface area (Å²) in [5, 5.41) is 76.0. The molecular formula is C31H52O11. The molecule has 3 aliphatic carbocycles. The largest absolute Gasteiger partial charge is 0.465 e. The third-order valence-electron chi connectivity index (χ3n) is 10.7. The summed E-state index contributed by atoms with van der Waals surface area (Å²) in [6.45, 7) is 12.5. The molecule has 0 spiro atoms. The van der Waals surface area contributed by atoms with E-state index in [-0.39, 0.29) is 37.2 Å². The lowest BCUT2D eigenvalue weighted by Crippen LogP contribution is -2.73. The summed E-state index contributed by atoms with van der Waals surface area (Å²) >= 11 is 0. The number of esters is 1. The van der Waals surface area contributed by atoms with Gasteiger partial charge in [-0.2, -0.15) is 0 Å². The molecule has 3 saturated carbocycles. The van der Waals surface area contributed by atoms with E-state index in [1.165, 1.54) is 13.8 Å². The average molecular weight is 601 g/mol. The molecule has 4 rings (SSSR count). The van der Waals surface area contributed by atoms with Gasteiger partial charge in [0.15, 0.2) is 6.29 Å². The Bertz CT molecular complexity index is 994. The van der Waals surface area contributed by atoms with Crippen LogP contribution in [0.3, 0.4) is 0 Å². The van der Waals surface area contributed by atoms with Crippen molar-refractivity contribution in [3.63, 3.8) is 0 Å². The molecule has 242 valence electrons. The number of hydrogen-bond donors (Lipinski definition) is 7. The lowest BCUT2D eigenvalue weighted by molar-refractivity contribution is -0.356. The van der Waals surface area contributed by atoms with Gasteiger partial charge < -0.3 is 50.0 Å². The summed E-state index contributed by atoms with van der Waals surface area (Å²) < 4.78 is 17.9. The third kappa shape index (κ3) is 6.06. The van der Waals surface area contributed by atoms with Crippen molar-refractivity contribution in [3.05, 3.63) is 12.7 Å². The molecule has 1 aliphatic heterocycles. The Hall–Kier alpha value is -1.15. The molecule has 42 heavy (non-hydrogen) atoms. The summed E-state index contributed by atoms with van der Waals surface area (Å²) in [6.07, 6.45) is -4.99. The Kier molecular flexibility index (Phi) is 9.36. The molecule has 0 aromatic carbocycles. The van der Waals surface area contributed by atoms with Gasteiger partial charge in [-0.25, -0.2) is 0 Å². The number of ether oxygens (including phenoxy) is 3. The van der Waals surface area contributed by atoms with Gasteiger partial charge in [0.05, 0.1) is 43.0 Å². The van der Waals surface area contributed by atoms with Crippen LogP contribution >= 0.6 is 0 Å². The molecule has 4 aliphatic rings. The number of aliphatic hydroxyl groups is 7. The zero-order valence-electron chi connectivity index (χ0n) is 25.6. The van der Waals surface area contributed by atoms with Gasteiger partial charge in [-0.15, -0.1) is 6.58 Å². The third-order valence-corrected chi connectivity index (χ3v) is 10.7. The second-order valence-electron chi connectivity index (χ2n) is 15.1. The van der Waals surface area contributed by atoms with E-state index in [0.29, 0.717) is 12.8 Å². The van der Waals surface area contributed by atoms with Gasteiger partial charge in [0.1, 0.15) is 24.4 Å². The van der Waals surface area contributed by atoms with E-state index < -0.39 is 83.4 Å². The van der Waals surface area contributed by atoms with Crippen molar-refractivity contribution >= 4 is 5.97 Å². The van der Waals surface area contributed by atoms with Crippen molar-refractivity contribution in [1.29, 1.82) is 0 Å². The monoisotopic (exact) mass is 600 g/mol.